The summed E-state index contributed by atoms with van der Waals surface area (Å²) in [7, 11) is 0. The number of hydrogen-bond donors (Lipinski definition) is 0. The highest BCUT2D eigenvalue weighted by Gasteiger charge is 2.01. The zero-order valence-electron chi connectivity index (χ0n) is 9.43. The molecule has 18 heavy (non-hydrogen) atoms. The van der Waals surface area contributed by atoms with Crippen molar-refractivity contribution in [2.75, 3.05) is 0 Å². The van der Waals surface area contributed by atoms with Gasteiger partial charge in [-0.25, -0.2) is 0 Å². The van der Waals surface area contributed by atoms with Gasteiger partial charge >= 0.3 is 0 Å². The van der Waals surface area contributed by atoms with Crippen molar-refractivity contribution in [3.63, 3.8) is 0 Å². The highest BCUT2D eigenvalue weighted by molar-refractivity contribution is 6.31. The first kappa shape index (κ1) is 12.5. The fourth-order valence-corrected chi connectivity index (χ4v) is 1.68. The summed E-state index contributed by atoms with van der Waals surface area (Å²) in [6, 6.07) is 13.5. The minimum Gasteiger partial charge on any atom is -0.545 e. The molecule has 0 fully saturated rings. The number of rotatable bonds is 4. The molecular weight excluding hydrogens is 252 g/mol. The Kier molecular flexibility index (Phi) is 3.85. The molecule has 0 saturated heterocycles. The van der Waals surface area contributed by atoms with Crippen LogP contribution in [0, 0.1) is 0 Å². The number of ether oxygens (including phenoxy) is 1. The maximum atomic E-state index is 10.7. The third-order valence-electron chi connectivity index (χ3n) is 2.42. The van der Waals surface area contributed by atoms with Crippen molar-refractivity contribution < 1.29 is 14.6 Å². The van der Waals surface area contributed by atoms with E-state index in [2.05, 4.69) is 0 Å². The summed E-state index contributed by atoms with van der Waals surface area (Å²) in [6.45, 7) is 0.288. The van der Waals surface area contributed by atoms with Crippen molar-refractivity contribution in [2.24, 2.45) is 0 Å². The van der Waals surface area contributed by atoms with E-state index in [4.69, 9.17) is 16.3 Å². The predicted molar refractivity (Wildman–Crippen MR) is 66.6 cm³/mol. The second kappa shape index (κ2) is 5.56. The first-order chi connectivity index (χ1) is 8.66. The van der Waals surface area contributed by atoms with Crippen molar-refractivity contribution in [3.05, 3.63) is 64.7 Å². The lowest BCUT2D eigenvalue weighted by molar-refractivity contribution is -0.255. The topological polar surface area (TPSA) is 49.4 Å². The Balaban J connectivity index is 2.09. The SMILES string of the molecule is O=C([O-])c1cccc(OCc2ccccc2Cl)c1. The lowest BCUT2D eigenvalue weighted by atomic mass is 10.2. The lowest BCUT2D eigenvalue weighted by Crippen LogP contribution is -2.22. The number of carboxylic acids is 1. The molecule has 0 bridgehead atoms. The molecule has 92 valence electrons. The second-order valence-electron chi connectivity index (χ2n) is 3.70. The zero-order valence-corrected chi connectivity index (χ0v) is 10.2. The predicted octanol–water partition coefficient (Wildman–Crippen LogP) is 2.28. The van der Waals surface area contributed by atoms with E-state index >= 15 is 0 Å². The molecule has 0 aliphatic carbocycles. The minimum atomic E-state index is -1.22. The number of benzene rings is 2. The molecule has 0 unspecified atom stereocenters. The van der Waals surface area contributed by atoms with Crippen molar-refractivity contribution in [2.45, 2.75) is 6.61 Å². The van der Waals surface area contributed by atoms with Crippen LogP contribution in [0.3, 0.4) is 0 Å². The highest BCUT2D eigenvalue weighted by Crippen LogP contribution is 2.19. The van der Waals surface area contributed by atoms with Crippen LogP contribution in [0.5, 0.6) is 5.75 Å². The normalized spacial score (nSPS) is 10.1. The number of carboxylic acid groups (broad SMARTS) is 1. The van der Waals surface area contributed by atoms with Gasteiger partial charge in [-0.15, -0.1) is 0 Å². The van der Waals surface area contributed by atoms with E-state index in [9.17, 15) is 9.90 Å². The molecule has 0 aromatic heterocycles. The molecule has 0 aliphatic rings. The fraction of sp³-hybridized carbons (Fsp3) is 0.0714. The van der Waals surface area contributed by atoms with Crippen LogP contribution in [0.15, 0.2) is 48.5 Å². The molecule has 2 rings (SSSR count). The zero-order chi connectivity index (χ0) is 13.0. The quantitative estimate of drug-likeness (QED) is 0.848. The van der Waals surface area contributed by atoms with Gasteiger partial charge in [-0.3, -0.25) is 0 Å². The molecule has 0 atom stereocenters. The van der Waals surface area contributed by atoms with E-state index in [1.807, 2.05) is 18.2 Å². The fourth-order valence-electron chi connectivity index (χ4n) is 1.49. The Morgan fingerprint density at radius 3 is 2.67 bits per heavy atom. The molecule has 0 N–H and O–H groups in total. The van der Waals surface area contributed by atoms with Gasteiger partial charge in [0, 0.05) is 16.1 Å². The minimum absolute atomic E-state index is 0.0895. The molecule has 0 saturated carbocycles. The molecule has 2 aromatic carbocycles. The van der Waals surface area contributed by atoms with Crippen LogP contribution < -0.4 is 9.84 Å². The summed E-state index contributed by atoms with van der Waals surface area (Å²) in [4.78, 5) is 10.7. The summed E-state index contributed by atoms with van der Waals surface area (Å²) >= 11 is 5.99. The van der Waals surface area contributed by atoms with Gasteiger partial charge in [-0.1, -0.05) is 41.9 Å². The largest absolute Gasteiger partial charge is 0.545 e. The maximum absolute atomic E-state index is 10.7. The van der Waals surface area contributed by atoms with Gasteiger partial charge in [0.05, 0.1) is 5.97 Å². The van der Waals surface area contributed by atoms with E-state index in [0.717, 1.165) is 5.56 Å². The molecule has 0 aliphatic heterocycles. The van der Waals surface area contributed by atoms with Crippen molar-refractivity contribution in [1.29, 1.82) is 0 Å². The maximum Gasteiger partial charge on any atom is 0.120 e. The summed E-state index contributed by atoms with van der Waals surface area (Å²) in [5, 5.41) is 11.3. The smallest absolute Gasteiger partial charge is 0.120 e. The molecule has 0 spiro atoms. The van der Waals surface area contributed by atoms with Crippen molar-refractivity contribution in [3.8, 4) is 5.75 Å². The Hall–Kier alpha value is -2.00. The molecule has 0 heterocycles. The van der Waals surface area contributed by atoms with Gasteiger partial charge in [0.15, 0.2) is 0 Å². The van der Waals surface area contributed by atoms with E-state index in [1.165, 1.54) is 12.1 Å². The van der Waals surface area contributed by atoms with Crippen molar-refractivity contribution in [1.82, 2.24) is 0 Å². The van der Waals surface area contributed by atoms with Gasteiger partial charge in [-0.05, 0) is 18.2 Å². The van der Waals surface area contributed by atoms with Gasteiger partial charge in [0.25, 0.3) is 0 Å². The van der Waals surface area contributed by atoms with Crippen LogP contribution in [-0.2, 0) is 6.61 Å². The summed E-state index contributed by atoms with van der Waals surface area (Å²) < 4.78 is 5.49. The van der Waals surface area contributed by atoms with Crippen LogP contribution >= 0.6 is 11.6 Å². The van der Waals surface area contributed by atoms with Crippen LogP contribution in [0.1, 0.15) is 15.9 Å². The number of carbonyl (C=O) groups is 1. The third kappa shape index (κ3) is 3.02. The van der Waals surface area contributed by atoms with Crippen LogP contribution in [-0.4, -0.2) is 5.97 Å². The third-order valence-corrected chi connectivity index (χ3v) is 2.79. The second-order valence-corrected chi connectivity index (χ2v) is 4.10. The highest BCUT2D eigenvalue weighted by atomic mass is 35.5. The summed E-state index contributed by atoms with van der Waals surface area (Å²) in [5.74, 6) is -0.755. The van der Waals surface area contributed by atoms with E-state index in [-0.39, 0.29) is 12.2 Å². The van der Waals surface area contributed by atoms with E-state index in [0.29, 0.717) is 10.8 Å². The Labute approximate surface area is 110 Å². The van der Waals surface area contributed by atoms with Crippen LogP contribution in [0.2, 0.25) is 5.02 Å². The number of hydrogen-bond acceptors (Lipinski definition) is 3. The molecule has 0 amide bonds. The van der Waals surface area contributed by atoms with Gasteiger partial charge in [-0.2, -0.15) is 0 Å². The average Bonchev–Trinajstić information content (AvgIpc) is 2.38. The van der Waals surface area contributed by atoms with E-state index in [1.54, 1.807) is 18.2 Å². The first-order valence-corrected chi connectivity index (χ1v) is 5.72. The van der Waals surface area contributed by atoms with Gasteiger partial charge < -0.3 is 14.6 Å². The molecule has 4 heteroatoms. The molecule has 2 aromatic rings. The van der Waals surface area contributed by atoms with E-state index < -0.39 is 5.97 Å². The number of aromatic carboxylic acids is 1. The van der Waals surface area contributed by atoms with Gasteiger partial charge in [0.1, 0.15) is 12.4 Å². The number of carbonyl (C=O) groups excluding carboxylic acids is 1. The lowest BCUT2D eigenvalue weighted by Gasteiger charge is -2.09. The molecular formula is C14H10ClO3-. The van der Waals surface area contributed by atoms with Gasteiger partial charge in [0.2, 0.25) is 0 Å². The Morgan fingerprint density at radius 1 is 1.17 bits per heavy atom. The monoisotopic (exact) mass is 261 g/mol. The first-order valence-electron chi connectivity index (χ1n) is 5.34. The van der Waals surface area contributed by atoms with Crippen molar-refractivity contribution >= 4 is 17.6 Å². The standard InChI is InChI=1S/C14H11ClO3/c15-13-7-2-1-4-11(13)9-18-12-6-3-5-10(8-12)14(16)17/h1-8H,9H2,(H,16,17)/p-1. The summed E-state index contributed by atoms with van der Waals surface area (Å²) in [6.07, 6.45) is 0. The average molecular weight is 262 g/mol. The summed E-state index contributed by atoms with van der Waals surface area (Å²) in [5.41, 5.74) is 0.935. The number of halogens is 1. The van der Waals surface area contributed by atoms with Crippen LogP contribution in [0.4, 0.5) is 0 Å². The molecule has 0 radical (unpaired) electrons. The molecule has 3 nitrogen and oxygen atoms in total. The van der Waals surface area contributed by atoms with Crippen LogP contribution in [0.25, 0.3) is 0 Å². The Bertz CT molecular complexity index is 566. The Morgan fingerprint density at radius 2 is 1.94 bits per heavy atom.